The zero-order chi connectivity index (χ0) is 16.2. The Morgan fingerprint density at radius 2 is 2.17 bits per heavy atom. The van der Waals surface area contributed by atoms with Crippen LogP contribution in [0, 0.1) is 19.8 Å². The van der Waals surface area contributed by atoms with E-state index in [-0.39, 0.29) is 6.61 Å². The maximum absolute atomic E-state index is 9.08. The predicted molar refractivity (Wildman–Crippen MR) is 89.6 cm³/mol. The summed E-state index contributed by atoms with van der Waals surface area (Å²) in [5.41, 5.74) is 4.70. The summed E-state index contributed by atoms with van der Waals surface area (Å²) in [7, 11) is 0. The van der Waals surface area contributed by atoms with Crippen LogP contribution in [0.1, 0.15) is 22.5 Å². The number of hydrogen-bond acceptors (Lipinski definition) is 4. The molecular weight excluding hydrogens is 290 g/mol. The van der Waals surface area contributed by atoms with Crippen LogP contribution in [-0.2, 0) is 19.5 Å². The first-order valence-corrected chi connectivity index (χ1v) is 8.24. The van der Waals surface area contributed by atoms with E-state index < -0.39 is 0 Å². The minimum atomic E-state index is 0.119. The van der Waals surface area contributed by atoms with E-state index >= 15 is 0 Å². The molecule has 0 radical (unpaired) electrons. The molecule has 3 rings (SSSR count). The molecule has 2 heterocycles. The van der Waals surface area contributed by atoms with Gasteiger partial charge in [-0.2, -0.15) is 5.10 Å². The van der Waals surface area contributed by atoms with Crippen LogP contribution in [0.15, 0.2) is 24.3 Å². The molecule has 5 heteroatoms. The molecule has 0 fully saturated rings. The molecule has 124 valence electrons. The van der Waals surface area contributed by atoms with E-state index in [2.05, 4.69) is 29.5 Å². The van der Waals surface area contributed by atoms with Crippen molar-refractivity contribution in [1.29, 1.82) is 0 Å². The number of hydrogen-bond donors (Lipinski definition) is 2. The fourth-order valence-corrected chi connectivity index (χ4v) is 3.23. The number of nitrogens with zero attached hydrogens (tertiary/aromatic N) is 2. The standard InChI is InChI=1S/C18H25N3O2/c1-13-17(14(2)21(20-13)7-8-22)11-19-10-15-9-16-5-3-4-6-18(16)23-12-15/h3-6,15,19,22H,7-12H2,1-2H3/t15-/m1/s1. The summed E-state index contributed by atoms with van der Waals surface area (Å²) in [5.74, 6) is 1.53. The highest BCUT2D eigenvalue weighted by molar-refractivity contribution is 5.35. The topological polar surface area (TPSA) is 59.3 Å². The summed E-state index contributed by atoms with van der Waals surface area (Å²) in [6, 6.07) is 8.28. The van der Waals surface area contributed by atoms with Crippen LogP contribution in [0.3, 0.4) is 0 Å². The molecule has 2 N–H and O–H groups in total. The Labute approximate surface area is 137 Å². The first-order chi connectivity index (χ1) is 11.2. The monoisotopic (exact) mass is 315 g/mol. The van der Waals surface area contributed by atoms with Gasteiger partial charge in [0.05, 0.1) is 25.5 Å². The maximum atomic E-state index is 9.08. The molecule has 1 aromatic carbocycles. The van der Waals surface area contributed by atoms with E-state index in [1.54, 1.807) is 0 Å². The fraction of sp³-hybridized carbons (Fsp3) is 0.500. The second-order valence-electron chi connectivity index (χ2n) is 6.22. The summed E-state index contributed by atoms with van der Waals surface area (Å²) in [5, 5.41) is 17.1. The third-order valence-corrected chi connectivity index (χ3v) is 4.53. The number of aromatic nitrogens is 2. The highest BCUT2D eigenvalue weighted by Gasteiger charge is 2.19. The highest BCUT2D eigenvalue weighted by Crippen LogP contribution is 2.26. The van der Waals surface area contributed by atoms with Crippen molar-refractivity contribution >= 4 is 0 Å². The molecule has 0 amide bonds. The Morgan fingerprint density at radius 3 is 3.00 bits per heavy atom. The van der Waals surface area contributed by atoms with Gasteiger partial charge in [-0.25, -0.2) is 0 Å². The third-order valence-electron chi connectivity index (χ3n) is 4.53. The zero-order valence-corrected chi connectivity index (χ0v) is 13.9. The molecule has 1 atom stereocenters. The summed E-state index contributed by atoms with van der Waals surface area (Å²) in [6.45, 7) is 7.27. The average Bonchev–Trinajstić information content (AvgIpc) is 2.82. The molecule has 0 saturated heterocycles. The second kappa shape index (κ2) is 7.15. The predicted octanol–water partition coefficient (Wildman–Crippen LogP) is 1.83. The lowest BCUT2D eigenvalue weighted by atomic mass is 9.96. The largest absolute Gasteiger partial charge is 0.493 e. The molecule has 0 aliphatic carbocycles. The molecule has 0 saturated carbocycles. The average molecular weight is 315 g/mol. The van der Waals surface area contributed by atoms with E-state index in [9.17, 15) is 0 Å². The SMILES string of the molecule is Cc1nn(CCO)c(C)c1CNC[C@@H]1COc2ccccc2C1. The third kappa shape index (κ3) is 3.57. The van der Waals surface area contributed by atoms with Gasteiger partial charge in [-0.3, -0.25) is 4.68 Å². The Bertz CT molecular complexity index is 666. The van der Waals surface area contributed by atoms with Crippen molar-refractivity contribution in [1.82, 2.24) is 15.1 Å². The Morgan fingerprint density at radius 1 is 1.35 bits per heavy atom. The van der Waals surface area contributed by atoms with Crippen LogP contribution < -0.4 is 10.1 Å². The number of ether oxygens (including phenoxy) is 1. The summed E-state index contributed by atoms with van der Waals surface area (Å²) in [6.07, 6.45) is 1.06. The second-order valence-corrected chi connectivity index (χ2v) is 6.22. The van der Waals surface area contributed by atoms with Crippen molar-refractivity contribution in [2.75, 3.05) is 19.8 Å². The van der Waals surface area contributed by atoms with Gasteiger partial charge in [-0.15, -0.1) is 0 Å². The first-order valence-electron chi connectivity index (χ1n) is 8.24. The number of aryl methyl sites for hydroxylation is 1. The van der Waals surface area contributed by atoms with Crippen LogP contribution in [0.5, 0.6) is 5.75 Å². The van der Waals surface area contributed by atoms with Crippen LogP contribution >= 0.6 is 0 Å². The number of aliphatic hydroxyl groups is 1. The molecule has 2 aromatic rings. The Balaban J connectivity index is 1.55. The zero-order valence-electron chi connectivity index (χ0n) is 13.9. The minimum absolute atomic E-state index is 0.119. The van der Waals surface area contributed by atoms with Crippen molar-refractivity contribution in [2.24, 2.45) is 5.92 Å². The van der Waals surface area contributed by atoms with Gasteiger partial charge in [0.15, 0.2) is 0 Å². The van der Waals surface area contributed by atoms with Crippen LogP contribution in [-0.4, -0.2) is 34.6 Å². The quantitative estimate of drug-likeness (QED) is 0.854. The molecular formula is C18H25N3O2. The van der Waals surface area contributed by atoms with Crippen molar-refractivity contribution in [2.45, 2.75) is 33.4 Å². The molecule has 1 aliphatic heterocycles. The van der Waals surface area contributed by atoms with Crippen molar-refractivity contribution < 1.29 is 9.84 Å². The smallest absolute Gasteiger partial charge is 0.122 e. The lowest BCUT2D eigenvalue weighted by Gasteiger charge is -2.25. The van der Waals surface area contributed by atoms with Gasteiger partial charge in [0, 0.05) is 30.3 Å². The van der Waals surface area contributed by atoms with Crippen LogP contribution in [0.2, 0.25) is 0 Å². The molecule has 23 heavy (non-hydrogen) atoms. The molecule has 0 spiro atoms. The van der Waals surface area contributed by atoms with Crippen molar-refractivity contribution in [3.8, 4) is 5.75 Å². The van der Waals surface area contributed by atoms with Gasteiger partial charge in [-0.05, 0) is 31.9 Å². The van der Waals surface area contributed by atoms with E-state index in [0.29, 0.717) is 12.5 Å². The van der Waals surface area contributed by atoms with Crippen LogP contribution in [0.25, 0.3) is 0 Å². The van der Waals surface area contributed by atoms with E-state index in [4.69, 9.17) is 9.84 Å². The summed E-state index contributed by atoms with van der Waals surface area (Å²) >= 11 is 0. The lowest BCUT2D eigenvalue weighted by Crippen LogP contribution is -2.31. The van der Waals surface area contributed by atoms with Gasteiger partial charge in [-0.1, -0.05) is 18.2 Å². The van der Waals surface area contributed by atoms with Gasteiger partial charge in [0.25, 0.3) is 0 Å². The number of benzene rings is 1. The van der Waals surface area contributed by atoms with Gasteiger partial charge in [0.2, 0.25) is 0 Å². The summed E-state index contributed by atoms with van der Waals surface area (Å²) < 4.78 is 7.72. The minimum Gasteiger partial charge on any atom is -0.493 e. The molecule has 1 aromatic heterocycles. The lowest BCUT2D eigenvalue weighted by molar-refractivity contribution is 0.218. The van der Waals surface area contributed by atoms with E-state index in [0.717, 1.165) is 43.3 Å². The molecule has 0 bridgehead atoms. The van der Waals surface area contributed by atoms with E-state index in [1.807, 2.05) is 23.7 Å². The van der Waals surface area contributed by atoms with Gasteiger partial charge < -0.3 is 15.2 Å². The number of fused-ring (bicyclic) bond motifs is 1. The number of rotatable bonds is 6. The molecule has 1 aliphatic rings. The van der Waals surface area contributed by atoms with Crippen LogP contribution in [0.4, 0.5) is 0 Å². The molecule has 0 unspecified atom stereocenters. The summed E-state index contributed by atoms with van der Waals surface area (Å²) in [4.78, 5) is 0. The number of para-hydroxylation sites is 1. The Kier molecular flexibility index (Phi) is 4.98. The Hall–Kier alpha value is -1.85. The van der Waals surface area contributed by atoms with Crippen molar-refractivity contribution in [3.63, 3.8) is 0 Å². The highest BCUT2D eigenvalue weighted by atomic mass is 16.5. The first kappa shape index (κ1) is 16.0. The molecule has 5 nitrogen and oxygen atoms in total. The number of nitrogens with one attached hydrogen (secondary N) is 1. The number of aliphatic hydroxyl groups excluding tert-OH is 1. The van der Waals surface area contributed by atoms with Gasteiger partial charge >= 0.3 is 0 Å². The fourth-order valence-electron chi connectivity index (χ4n) is 3.23. The van der Waals surface area contributed by atoms with E-state index in [1.165, 1.54) is 11.1 Å². The maximum Gasteiger partial charge on any atom is 0.122 e. The van der Waals surface area contributed by atoms with Crippen molar-refractivity contribution in [3.05, 3.63) is 46.8 Å². The van der Waals surface area contributed by atoms with Gasteiger partial charge in [0.1, 0.15) is 5.75 Å². The normalized spacial score (nSPS) is 16.9.